The minimum Gasteiger partial charge on any atom is -0.293 e. The number of rotatable bonds is 5. The zero-order chi connectivity index (χ0) is 14.5. The summed E-state index contributed by atoms with van der Waals surface area (Å²) in [4.78, 5) is 11.8. The Morgan fingerprint density at radius 3 is 2.40 bits per heavy atom. The Labute approximate surface area is 117 Å². The van der Waals surface area contributed by atoms with Crippen molar-refractivity contribution in [2.24, 2.45) is 0 Å². The number of carbonyl (C=O) groups is 1. The van der Waals surface area contributed by atoms with E-state index in [-0.39, 0.29) is 17.1 Å². The van der Waals surface area contributed by atoms with Crippen LogP contribution in [0.25, 0.3) is 0 Å². The van der Waals surface area contributed by atoms with Gasteiger partial charge in [-0.05, 0) is 17.7 Å². The predicted molar refractivity (Wildman–Crippen MR) is 73.8 cm³/mol. The number of carbonyl (C=O) groups excluding carboxylic acids is 1. The van der Waals surface area contributed by atoms with Gasteiger partial charge < -0.3 is 0 Å². The van der Waals surface area contributed by atoms with Gasteiger partial charge in [-0.25, -0.2) is 8.78 Å². The lowest BCUT2D eigenvalue weighted by Gasteiger charge is -2.04. The summed E-state index contributed by atoms with van der Waals surface area (Å²) in [5, 5.41) is 0. The molecule has 2 nitrogen and oxygen atoms in total. The molecular formula is C15H12F2O2S. The summed E-state index contributed by atoms with van der Waals surface area (Å²) < 4.78 is 38.0. The molecule has 0 saturated carbocycles. The van der Waals surface area contributed by atoms with Crippen LogP contribution >= 0.6 is 0 Å². The zero-order valence-electron chi connectivity index (χ0n) is 10.5. The highest BCUT2D eigenvalue weighted by molar-refractivity contribution is 7.85. The van der Waals surface area contributed by atoms with E-state index in [2.05, 4.69) is 0 Å². The van der Waals surface area contributed by atoms with Crippen LogP contribution in [0.15, 0.2) is 48.5 Å². The molecule has 2 aromatic rings. The van der Waals surface area contributed by atoms with Crippen molar-refractivity contribution in [3.05, 3.63) is 71.3 Å². The molecule has 0 aromatic heterocycles. The molecule has 0 aliphatic heterocycles. The van der Waals surface area contributed by atoms with Gasteiger partial charge >= 0.3 is 0 Å². The van der Waals surface area contributed by atoms with Gasteiger partial charge in [0.05, 0.1) is 11.3 Å². The second-order valence-electron chi connectivity index (χ2n) is 4.26. The van der Waals surface area contributed by atoms with Gasteiger partial charge in [0.1, 0.15) is 11.6 Å². The van der Waals surface area contributed by atoms with Gasteiger partial charge in [0.15, 0.2) is 5.78 Å². The molecule has 1 atom stereocenters. The van der Waals surface area contributed by atoms with Gasteiger partial charge in [0.25, 0.3) is 0 Å². The molecule has 0 amide bonds. The Morgan fingerprint density at radius 1 is 1.05 bits per heavy atom. The number of halogens is 2. The number of benzene rings is 2. The first kappa shape index (κ1) is 14.5. The van der Waals surface area contributed by atoms with Crippen LogP contribution in [0.5, 0.6) is 0 Å². The zero-order valence-corrected chi connectivity index (χ0v) is 11.3. The smallest absolute Gasteiger partial charge is 0.178 e. The molecule has 2 rings (SSSR count). The van der Waals surface area contributed by atoms with Crippen LogP contribution in [0.1, 0.15) is 15.9 Å². The molecule has 0 spiro atoms. The summed E-state index contributed by atoms with van der Waals surface area (Å²) in [7, 11) is -1.43. The van der Waals surface area contributed by atoms with E-state index < -0.39 is 28.2 Å². The fourth-order valence-corrected chi connectivity index (χ4v) is 2.86. The van der Waals surface area contributed by atoms with Crippen molar-refractivity contribution in [3.8, 4) is 0 Å². The SMILES string of the molecule is O=C(CS(=O)Cc1ccccc1)c1ccc(F)cc1F. The van der Waals surface area contributed by atoms with Crippen molar-refractivity contribution in [2.75, 3.05) is 5.75 Å². The number of hydrogen-bond acceptors (Lipinski definition) is 2. The molecule has 5 heteroatoms. The Balaban J connectivity index is 2.02. The average molecular weight is 294 g/mol. The first-order valence-electron chi connectivity index (χ1n) is 5.93. The van der Waals surface area contributed by atoms with E-state index in [0.29, 0.717) is 6.07 Å². The van der Waals surface area contributed by atoms with E-state index in [4.69, 9.17) is 0 Å². The fraction of sp³-hybridized carbons (Fsp3) is 0.133. The van der Waals surface area contributed by atoms with Gasteiger partial charge in [0, 0.05) is 22.6 Å². The molecule has 1 unspecified atom stereocenters. The van der Waals surface area contributed by atoms with E-state index >= 15 is 0 Å². The third kappa shape index (κ3) is 3.81. The fourth-order valence-electron chi connectivity index (χ4n) is 1.75. The van der Waals surface area contributed by atoms with E-state index in [9.17, 15) is 17.8 Å². The minimum atomic E-state index is -1.43. The molecule has 0 bridgehead atoms. The van der Waals surface area contributed by atoms with Crippen LogP contribution in [0.3, 0.4) is 0 Å². The van der Waals surface area contributed by atoms with E-state index in [0.717, 1.165) is 17.7 Å². The van der Waals surface area contributed by atoms with Crippen molar-refractivity contribution < 1.29 is 17.8 Å². The van der Waals surface area contributed by atoms with Crippen LogP contribution < -0.4 is 0 Å². The molecule has 104 valence electrons. The molecule has 0 fully saturated rings. The second kappa shape index (κ2) is 6.52. The van der Waals surface area contributed by atoms with E-state index in [1.54, 1.807) is 12.1 Å². The predicted octanol–water partition coefficient (Wildman–Crippen LogP) is 3.10. The largest absolute Gasteiger partial charge is 0.293 e. The molecule has 0 aliphatic carbocycles. The van der Waals surface area contributed by atoms with Gasteiger partial charge in [-0.15, -0.1) is 0 Å². The molecule has 0 aliphatic rings. The van der Waals surface area contributed by atoms with Gasteiger partial charge in [-0.3, -0.25) is 9.00 Å². The van der Waals surface area contributed by atoms with Gasteiger partial charge in [0.2, 0.25) is 0 Å². The summed E-state index contributed by atoms with van der Waals surface area (Å²) in [6, 6.07) is 11.8. The number of ketones is 1. The normalized spacial score (nSPS) is 12.1. The second-order valence-corrected chi connectivity index (χ2v) is 5.72. The van der Waals surface area contributed by atoms with Crippen LogP contribution in [0.2, 0.25) is 0 Å². The number of hydrogen-bond donors (Lipinski definition) is 0. The lowest BCUT2D eigenvalue weighted by atomic mass is 10.1. The highest BCUT2D eigenvalue weighted by Crippen LogP contribution is 2.12. The Morgan fingerprint density at radius 2 is 1.75 bits per heavy atom. The summed E-state index contributed by atoms with van der Waals surface area (Å²) in [5.41, 5.74) is 0.617. The molecule has 0 saturated heterocycles. The summed E-state index contributed by atoms with van der Waals surface area (Å²) in [6.45, 7) is 0. The van der Waals surface area contributed by atoms with Crippen LogP contribution in [-0.2, 0) is 16.6 Å². The highest BCUT2D eigenvalue weighted by atomic mass is 32.2. The molecular weight excluding hydrogens is 282 g/mol. The minimum absolute atomic E-state index is 0.229. The summed E-state index contributed by atoms with van der Waals surface area (Å²) in [5.74, 6) is -2.31. The van der Waals surface area contributed by atoms with E-state index in [1.165, 1.54) is 0 Å². The standard InChI is InChI=1S/C15H12F2O2S/c16-12-6-7-13(14(17)8-12)15(18)10-20(19)9-11-4-2-1-3-5-11/h1-8H,9-10H2. The van der Waals surface area contributed by atoms with Crippen molar-refractivity contribution in [2.45, 2.75) is 5.75 Å². The molecule has 20 heavy (non-hydrogen) atoms. The first-order chi connectivity index (χ1) is 9.56. The summed E-state index contributed by atoms with van der Waals surface area (Å²) >= 11 is 0. The number of Topliss-reactive ketones (excluding diaryl/α,β-unsaturated/α-hetero) is 1. The molecule has 0 N–H and O–H groups in total. The highest BCUT2D eigenvalue weighted by Gasteiger charge is 2.15. The van der Waals surface area contributed by atoms with Gasteiger partial charge in [-0.2, -0.15) is 0 Å². The lowest BCUT2D eigenvalue weighted by Crippen LogP contribution is -2.14. The lowest BCUT2D eigenvalue weighted by molar-refractivity contribution is 0.101. The maximum absolute atomic E-state index is 13.4. The van der Waals surface area contributed by atoms with Crippen molar-refractivity contribution >= 4 is 16.6 Å². The average Bonchev–Trinajstić information content (AvgIpc) is 2.39. The molecule has 0 heterocycles. The topological polar surface area (TPSA) is 34.1 Å². The van der Waals surface area contributed by atoms with E-state index in [1.807, 2.05) is 18.2 Å². The summed E-state index contributed by atoms with van der Waals surface area (Å²) in [6.07, 6.45) is 0. The van der Waals surface area contributed by atoms with Crippen molar-refractivity contribution in [1.29, 1.82) is 0 Å². The van der Waals surface area contributed by atoms with Crippen LogP contribution in [0.4, 0.5) is 8.78 Å². The molecule has 0 radical (unpaired) electrons. The van der Waals surface area contributed by atoms with Gasteiger partial charge in [-0.1, -0.05) is 30.3 Å². The van der Waals surface area contributed by atoms with Crippen LogP contribution in [0, 0.1) is 11.6 Å². The van der Waals surface area contributed by atoms with Crippen molar-refractivity contribution in [1.82, 2.24) is 0 Å². The monoisotopic (exact) mass is 294 g/mol. The third-order valence-electron chi connectivity index (χ3n) is 2.69. The maximum atomic E-state index is 13.4. The van der Waals surface area contributed by atoms with Crippen LogP contribution in [-0.4, -0.2) is 15.7 Å². The Bertz CT molecular complexity index is 642. The van der Waals surface area contributed by atoms with Crippen molar-refractivity contribution in [3.63, 3.8) is 0 Å². The molecule has 2 aromatic carbocycles. The third-order valence-corrected chi connectivity index (χ3v) is 3.93. The Hall–Kier alpha value is -1.88. The first-order valence-corrected chi connectivity index (χ1v) is 7.42. The maximum Gasteiger partial charge on any atom is 0.178 e. The quantitative estimate of drug-likeness (QED) is 0.794. The Kier molecular flexibility index (Phi) is 4.74.